The lowest BCUT2D eigenvalue weighted by Gasteiger charge is -2.06. The molecule has 5 nitrogen and oxygen atoms in total. The zero-order chi connectivity index (χ0) is 14.1. The summed E-state index contributed by atoms with van der Waals surface area (Å²) in [6.07, 6.45) is 0.907. The first-order valence-electron chi connectivity index (χ1n) is 6.16. The van der Waals surface area contributed by atoms with E-state index in [4.69, 9.17) is 5.11 Å². The molecule has 1 atom stereocenters. The van der Waals surface area contributed by atoms with E-state index < -0.39 is 5.97 Å². The Morgan fingerprint density at radius 3 is 2.95 bits per heavy atom. The maximum Gasteiger partial charge on any atom is 0.335 e. The number of carboxylic acids is 1. The zero-order valence-corrected chi connectivity index (χ0v) is 12.1. The van der Waals surface area contributed by atoms with Crippen molar-refractivity contribution >= 4 is 50.3 Å². The van der Waals surface area contributed by atoms with E-state index in [1.165, 1.54) is 17.4 Å². The number of carbonyl (C=O) groups is 2. The Balaban J connectivity index is 1.81. The topological polar surface area (TPSA) is 79.3 Å². The first-order chi connectivity index (χ1) is 9.63. The van der Waals surface area contributed by atoms with Crippen molar-refractivity contribution in [2.24, 2.45) is 5.92 Å². The molecule has 1 aromatic carbocycles. The number of thioether (sulfide) groups is 1. The Morgan fingerprint density at radius 2 is 2.25 bits per heavy atom. The molecule has 104 valence electrons. The number of anilines is 1. The molecule has 2 N–H and O–H groups in total. The number of rotatable bonds is 3. The van der Waals surface area contributed by atoms with Crippen LogP contribution in [0.1, 0.15) is 16.8 Å². The van der Waals surface area contributed by atoms with Gasteiger partial charge in [-0.2, -0.15) is 11.8 Å². The van der Waals surface area contributed by atoms with Gasteiger partial charge in [-0.1, -0.05) is 11.3 Å². The first-order valence-corrected chi connectivity index (χ1v) is 8.13. The molecule has 20 heavy (non-hydrogen) atoms. The molecule has 0 bridgehead atoms. The van der Waals surface area contributed by atoms with Crippen LogP contribution < -0.4 is 5.32 Å². The van der Waals surface area contributed by atoms with Crippen LogP contribution in [0.2, 0.25) is 0 Å². The van der Waals surface area contributed by atoms with Crippen LogP contribution in [-0.2, 0) is 4.79 Å². The lowest BCUT2D eigenvalue weighted by molar-refractivity contribution is -0.119. The summed E-state index contributed by atoms with van der Waals surface area (Å²) < 4.78 is 0.765. The SMILES string of the molecule is O=C(O)c1ccc2nc(NC(=O)C3CCSC3)sc2c1. The molecule has 7 heteroatoms. The van der Waals surface area contributed by atoms with Crippen molar-refractivity contribution in [3.05, 3.63) is 23.8 Å². The summed E-state index contributed by atoms with van der Waals surface area (Å²) in [6, 6.07) is 4.76. The number of aromatic nitrogens is 1. The number of aromatic carboxylic acids is 1. The van der Waals surface area contributed by atoms with Crippen LogP contribution in [0.25, 0.3) is 10.2 Å². The average molecular weight is 308 g/mol. The van der Waals surface area contributed by atoms with E-state index in [0.717, 1.165) is 22.6 Å². The van der Waals surface area contributed by atoms with E-state index >= 15 is 0 Å². The number of nitrogens with one attached hydrogen (secondary N) is 1. The lowest BCUT2D eigenvalue weighted by atomic mass is 10.1. The van der Waals surface area contributed by atoms with E-state index in [1.54, 1.807) is 23.9 Å². The number of carboxylic acid groups (broad SMARTS) is 1. The van der Waals surface area contributed by atoms with E-state index in [-0.39, 0.29) is 17.4 Å². The van der Waals surface area contributed by atoms with E-state index in [0.29, 0.717) is 10.6 Å². The highest BCUT2D eigenvalue weighted by Crippen LogP contribution is 2.29. The summed E-state index contributed by atoms with van der Waals surface area (Å²) in [5.74, 6) is 0.989. The molecule has 1 fully saturated rings. The van der Waals surface area contributed by atoms with Gasteiger partial charge in [0, 0.05) is 11.7 Å². The summed E-state index contributed by atoms with van der Waals surface area (Å²) >= 11 is 3.09. The van der Waals surface area contributed by atoms with Crippen LogP contribution in [0.3, 0.4) is 0 Å². The van der Waals surface area contributed by atoms with E-state index in [9.17, 15) is 9.59 Å². The molecular weight excluding hydrogens is 296 g/mol. The fourth-order valence-corrected chi connectivity index (χ4v) is 4.19. The summed E-state index contributed by atoms with van der Waals surface area (Å²) in [4.78, 5) is 27.2. The highest BCUT2D eigenvalue weighted by Gasteiger charge is 2.24. The van der Waals surface area contributed by atoms with Crippen LogP contribution in [0.15, 0.2) is 18.2 Å². The van der Waals surface area contributed by atoms with E-state index in [2.05, 4.69) is 10.3 Å². The third-order valence-corrected chi connectivity index (χ3v) is 5.26. The molecule has 1 aliphatic rings. The fourth-order valence-electron chi connectivity index (χ4n) is 2.06. The molecule has 1 amide bonds. The number of thiazole rings is 1. The second-order valence-electron chi connectivity index (χ2n) is 4.56. The number of hydrogen-bond acceptors (Lipinski definition) is 5. The predicted molar refractivity (Wildman–Crippen MR) is 80.6 cm³/mol. The molecule has 3 rings (SSSR count). The summed E-state index contributed by atoms with van der Waals surface area (Å²) in [7, 11) is 0. The highest BCUT2D eigenvalue weighted by atomic mass is 32.2. The van der Waals surface area contributed by atoms with Crippen molar-refractivity contribution in [3.63, 3.8) is 0 Å². The third-order valence-electron chi connectivity index (χ3n) is 3.17. The summed E-state index contributed by atoms with van der Waals surface area (Å²) in [5, 5.41) is 12.3. The fraction of sp³-hybridized carbons (Fsp3) is 0.308. The molecular formula is C13H12N2O3S2. The van der Waals surface area contributed by atoms with Gasteiger partial charge in [0.25, 0.3) is 0 Å². The van der Waals surface area contributed by atoms with Crippen molar-refractivity contribution in [2.45, 2.75) is 6.42 Å². The lowest BCUT2D eigenvalue weighted by Crippen LogP contribution is -2.22. The van der Waals surface area contributed by atoms with Crippen LogP contribution >= 0.6 is 23.1 Å². The van der Waals surface area contributed by atoms with Gasteiger partial charge in [0.1, 0.15) is 0 Å². The van der Waals surface area contributed by atoms with Crippen LogP contribution in [0.4, 0.5) is 5.13 Å². The standard InChI is InChI=1S/C13H12N2O3S2/c16-11(8-3-4-19-6-8)15-13-14-9-2-1-7(12(17)18)5-10(9)20-13/h1-2,5,8H,3-4,6H2,(H,17,18)(H,14,15,16). The largest absolute Gasteiger partial charge is 0.478 e. The molecule has 2 aromatic rings. The quantitative estimate of drug-likeness (QED) is 0.911. The second-order valence-corrected chi connectivity index (χ2v) is 6.74. The molecule has 0 aliphatic carbocycles. The maximum absolute atomic E-state index is 12.0. The van der Waals surface area contributed by atoms with Gasteiger partial charge in [0.05, 0.1) is 15.8 Å². The normalized spacial score (nSPS) is 18.3. The predicted octanol–water partition coefficient (Wildman–Crippen LogP) is 2.69. The van der Waals surface area contributed by atoms with Gasteiger partial charge in [-0.05, 0) is 30.4 Å². The van der Waals surface area contributed by atoms with Crippen LogP contribution in [0, 0.1) is 5.92 Å². The minimum Gasteiger partial charge on any atom is -0.478 e. The van der Waals surface area contributed by atoms with Gasteiger partial charge in [-0.15, -0.1) is 0 Å². The Labute approximate surface area is 123 Å². The van der Waals surface area contributed by atoms with Gasteiger partial charge in [0.2, 0.25) is 5.91 Å². The Kier molecular flexibility index (Phi) is 3.62. The van der Waals surface area contributed by atoms with Gasteiger partial charge >= 0.3 is 5.97 Å². The summed E-state index contributed by atoms with van der Waals surface area (Å²) in [6.45, 7) is 0. The van der Waals surface area contributed by atoms with Crippen LogP contribution in [-0.4, -0.2) is 33.5 Å². The molecule has 0 spiro atoms. The number of carbonyl (C=O) groups excluding carboxylic acids is 1. The molecule has 0 radical (unpaired) electrons. The molecule has 1 aromatic heterocycles. The minimum absolute atomic E-state index is 0.00696. The van der Waals surface area contributed by atoms with Crippen molar-refractivity contribution in [3.8, 4) is 0 Å². The van der Waals surface area contributed by atoms with E-state index in [1.807, 2.05) is 0 Å². The van der Waals surface area contributed by atoms with Crippen LogP contribution in [0.5, 0.6) is 0 Å². The Hall–Kier alpha value is -1.60. The number of benzene rings is 1. The number of amides is 1. The smallest absolute Gasteiger partial charge is 0.335 e. The minimum atomic E-state index is -0.964. The van der Waals surface area contributed by atoms with Gasteiger partial charge in [-0.3, -0.25) is 4.79 Å². The van der Waals surface area contributed by atoms with Gasteiger partial charge in [-0.25, -0.2) is 9.78 Å². The third kappa shape index (κ3) is 2.64. The molecule has 2 heterocycles. The zero-order valence-electron chi connectivity index (χ0n) is 10.5. The van der Waals surface area contributed by atoms with Crippen molar-refractivity contribution in [1.82, 2.24) is 4.98 Å². The number of nitrogens with zero attached hydrogens (tertiary/aromatic N) is 1. The molecule has 0 saturated carbocycles. The Morgan fingerprint density at radius 1 is 1.40 bits per heavy atom. The summed E-state index contributed by atoms with van der Waals surface area (Å²) in [5.41, 5.74) is 0.933. The van der Waals surface area contributed by atoms with Gasteiger partial charge < -0.3 is 10.4 Å². The Bertz CT molecular complexity index is 677. The van der Waals surface area contributed by atoms with Crippen molar-refractivity contribution in [2.75, 3.05) is 16.8 Å². The first kappa shape index (κ1) is 13.4. The highest BCUT2D eigenvalue weighted by molar-refractivity contribution is 7.99. The number of hydrogen-bond donors (Lipinski definition) is 2. The average Bonchev–Trinajstić information content (AvgIpc) is 3.06. The second kappa shape index (κ2) is 5.41. The van der Waals surface area contributed by atoms with Gasteiger partial charge in [0.15, 0.2) is 5.13 Å². The van der Waals surface area contributed by atoms with Crippen molar-refractivity contribution < 1.29 is 14.7 Å². The monoisotopic (exact) mass is 308 g/mol. The maximum atomic E-state index is 12.0. The van der Waals surface area contributed by atoms with Crippen molar-refractivity contribution in [1.29, 1.82) is 0 Å². The molecule has 1 saturated heterocycles. The molecule has 1 unspecified atom stereocenters. The number of fused-ring (bicyclic) bond motifs is 1. The molecule has 1 aliphatic heterocycles.